The van der Waals surface area contributed by atoms with Gasteiger partial charge in [0.15, 0.2) is 0 Å². The Kier molecular flexibility index (Phi) is 4.44. The highest BCUT2D eigenvalue weighted by Gasteiger charge is 2.67. The number of hydrogen-bond donors (Lipinski definition) is 1. The summed E-state index contributed by atoms with van der Waals surface area (Å²) in [5.41, 5.74) is 2.31. The molecule has 1 N–H and O–H groups in total. The molecular formula is C23H27N3O2. The van der Waals surface area contributed by atoms with Gasteiger partial charge in [0.05, 0.1) is 18.2 Å². The number of pyridine rings is 1. The molecule has 1 aliphatic carbocycles. The lowest BCUT2D eigenvalue weighted by Gasteiger charge is -2.70. The van der Waals surface area contributed by atoms with Crippen LogP contribution in [0.2, 0.25) is 0 Å². The van der Waals surface area contributed by atoms with E-state index in [1.807, 2.05) is 35.5 Å². The van der Waals surface area contributed by atoms with Crippen molar-refractivity contribution >= 4 is 5.91 Å². The molecule has 5 nitrogen and oxygen atoms in total. The summed E-state index contributed by atoms with van der Waals surface area (Å²) >= 11 is 0. The highest BCUT2D eigenvalue weighted by atomic mass is 16.3. The van der Waals surface area contributed by atoms with Crippen LogP contribution in [-0.2, 0) is 11.3 Å². The van der Waals surface area contributed by atoms with Crippen molar-refractivity contribution in [1.82, 2.24) is 14.8 Å². The SMILES string of the molecule is O=C(CC1CC1)N1[C@@H](CO)[C@H](c2ccccc2)C12CN(Cc1ccncc1)C2. The van der Waals surface area contributed by atoms with Crippen LogP contribution in [-0.4, -0.2) is 57.1 Å². The minimum atomic E-state index is -0.173. The average molecular weight is 377 g/mol. The Morgan fingerprint density at radius 2 is 1.82 bits per heavy atom. The molecule has 2 aliphatic heterocycles. The van der Waals surface area contributed by atoms with E-state index in [9.17, 15) is 9.90 Å². The zero-order chi connectivity index (χ0) is 19.1. The third-order valence-corrected chi connectivity index (χ3v) is 6.70. The molecule has 1 saturated carbocycles. The van der Waals surface area contributed by atoms with Crippen LogP contribution in [0, 0.1) is 5.92 Å². The summed E-state index contributed by atoms with van der Waals surface area (Å²) in [5.74, 6) is 1.00. The van der Waals surface area contributed by atoms with E-state index in [1.54, 1.807) is 0 Å². The number of aliphatic hydroxyl groups excluding tert-OH is 1. The van der Waals surface area contributed by atoms with Crippen molar-refractivity contribution in [2.75, 3.05) is 19.7 Å². The second-order valence-corrected chi connectivity index (χ2v) is 8.65. The van der Waals surface area contributed by atoms with Gasteiger partial charge >= 0.3 is 0 Å². The molecule has 1 amide bonds. The maximum atomic E-state index is 13.1. The molecule has 5 heteroatoms. The first-order valence-electron chi connectivity index (χ1n) is 10.3. The number of hydrogen-bond acceptors (Lipinski definition) is 4. The van der Waals surface area contributed by atoms with Gasteiger partial charge in [-0.05, 0) is 42.0 Å². The Balaban J connectivity index is 1.38. The lowest BCUT2D eigenvalue weighted by molar-refractivity contribution is -0.202. The van der Waals surface area contributed by atoms with Crippen molar-refractivity contribution in [2.45, 2.75) is 43.3 Å². The van der Waals surface area contributed by atoms with Crippen LogP contribution in [0.1, 0.15) is 36.3 Å². The van der Waals surface area contributed by atoms with Crippen molar-refractivity contribution in [2.24, 2.45) is 5.92 Å². The van der Waals surface area contributed by atoms with Crippen LogP contribution in [0.3, 0.4) is 0 Å². The molecule has 1 spiro atoms. The third-order valence-electron chi connectivity index (χ3n) is 6.70. The predicted molar refractivity (Wildman–Crippen MR) is 106 cm³/mol. The normalized spacial score (nSPS) is 26.0. The predicted octanol–water partition coefficient (Wildman–Crippen LogP) is 2.42. The van der Waals surface area contributed by atoms with E-state index in [2.05, 4.69) is 34.1 Å². The molecule has 1 aromatic carbocycles. The summed E-state index contributed by atoms with van der Waals surface area (Å²) < 4.78 is 0. The molecule has 0 radical (unpaired) electrons. The van der Waals surface area contributed by atoms with Gasteiger partial charge in [-0.25, -0.2) is 0 Å². The molecule has 3 aliphatic rings. The molecule has 0 unspecified atom stereocenters. The fraction of sp³-hybridized carbons (Fsp3) is 0.478. The number of aliphatic hydroxyl groups is 1. The summed E-state index contributed by atoms with van der Waals surface area (Å²) in [6.07, 6.45) is 6.64. The van der Waals surface area contributed by atoms with Crippen molar-refractivity contribution in [3.05, 3.63) is 66.0 Å². The zero-order valence-electron chi connectivity index (χ0n) is 16.1. The zero-order valence-corrected chi connectivity index (χ0v) is 16.1. The highest BCUT2D eigenvalue weighted by Crippen LogP contribution is 2.54. The Morgan fingerprint density at radius 1 is 1.11 bits per heavy atom. The number of carbonyl (C=O) groups is 1. The van der Waals surface area contributed by atoms with Gasteiger partial charge in [-0.15, -0.1) is 0 Å². The number of amides is 1. The number of nitrogens with zero attached hydrogens (tertiary/aromatic N) is 3. The summed E-state index contributed by atoms with van der Waals surface area (Å²) in [6.45, 7) is 2.63. The summed E-state index contributed by atoms with van der Waals surface area (Å²) in [5, 5.41) is 10.1. The van der Waals surface area contributed by atoms with E-state index in [0.29, 0.717) is 12.3 Å². The first-order chi connectivity index (χ1) is 13.7. The van der Waals surface area contributed by atoms with Gasteiger partial charge in [-0.1, -0.05) is 30.3 Å². The second kappa shape index (κ2) is 6.98. The van der Waals surface area contributed by atoms with E-state index in [4.69, 9.17) is 0 Å². The van der Waals surface area contributed by atoms with Crippen molar-refractivity contribution in [3.8, 4) is 0 Å². The summed E-state index contributed by atoms with van der Waals surface area (Å²) in [6, 6.07) is 14.4. The van der Waals surface area contributed by atoms with Gasteiger partial charge in [0.1, 0.15) is 0 Å². The molecule has 2 saturated heterocycles. The Morgan fingerprint density at radius 3 is 2.46 bits per heavy atom. The first-order valence-corrected chi connectivity index (χ1v) is 10.3. The van der Waals surface area contributed by atoms with Gasteiger partial charge in [0.2, 0.25) is 5.91 Å². The lowest BCUT2D eigenvalue weighted by atomic mass is 9.60. The number of rotatable bonds is 6. The topological polar surface area (TPSA) is 56.7 Å². The van der Waals surface area contributed by atoms with Gasteiger partial charge in [-0.2, -0.15) is 0 Å². The Labute approximate surface area is 166 Å². The van der Waals surface area contributed by atoms with Crippen LogP contribution in [0.5, 0.6) is 0 Å². The first kappa shape index (κ1) is 17.8. The molecule has 146 valence electrons. The van der Waals surface area contributed by atoms with Crippen molar-refractivity contribution in [3.63, 3.8) is 0 Å². The quantitative estimate of drug-likeness (QED) is 0.840. The maximum absolute atomic E-state index is 13.1. The van der Waals surface area contributed by atoms with E-state index in [1.165, 1.54) is 24.0 Å². The summed E-state index contributed by atoms with van der Waals surface area (Å²) in [4.78, 5) is 21.6. The minimum absolute atomic E-state index is 0.0298. The van der Waals surface area contributed by atoms with Gasteiger partial charge in [0, 0.05) is 44.4 Å². The van der Waals surface area contributed by atoms with Gasteiger partial charge in [0.25, 0.3) is 0 Å². The lowest BCUT2D eigenvalue weighted by Crippen LogP contribution is -2.85. The highest BCUT2D eigenvalue weighted by molar-refractivity contribution is 5.80. The largest absolute Gasteiger partial charge is 0.394 e. The third kappa shape index (κ3) is 2.93. The van der Waals surface area contributed by atoms with Crippen LogP contribution < -0.4 is 0 Å². The molecular weight excluding hydrogens is 350 g/mol. The second-order valence-electron chi connectivity index (χ2n) is 8.65. The molecule has 2 aromatic rings. The molecule has 0 bridgehead atoms. The number of carbonyl (C=O) groups excluding carboxylic acids is 1. The molecule has 3 fully saturated rings. The number of benzene rings is 1. The van der Waals surface area contributed by atoms with Crippen LogP contribution in [0.25, 0.3) is 0 Å². The molecule has 2 atom stereocenters. The van der Waals surface area contributed by atoms with Gasteiger partial charge < -0.3 is 10.0 Å². The van der Waals surface area contributed by atoms with E-state index < -0.39 is 0 Å². The van der Waals surface area contributed by atoms with E-state index >= 15 is 0 Å². The Bertz CT molecular complexity index is 831. The van der Waals surface area contributed by atoms with Crippen LogP contribution in [0.4, 0.5) is 0 Å². The fourth-order valence-electron chi connectivity index (χ4n) is 5.32. The van der Waals surface area contributed by atoms with Gasteiger partial charge in [-0.3, -0.25) is 14.7 Å². The smallest absolute Gasteiger partial charge is 0.223 e. The van der Waals surface area contributed by atoms with Crippen molar-refractivity contribution < 1.29 is 9.90 Å². The number of aromatic nitrogens is 1. The Hall–Kier alpha value is -2.24. The minimum Gasteiger partial charge on any atom is -0.394 e. The fourth-order valence-corrected chi connectivity index (χ4v) is 5.32. The molecule has 28 heavy (non-hydrogen) atoms. The van der Waals surface area contributed by atoms with E-state index in [-0.39, 0.29) is 30.0 Å². The molecule has 3 heterocycles. The maximum Gasteiger partial charge on any atom is 0.223 e. The molecule has 5 rings (SSSR count). The molecule has 1 aromatic heterocycles. The van der Waals surface area contributed by atoms with Crippen LogP contribution >= 0.6 is 0 Å². The number of likely N-dealkylation sites (tertiary alicyclic amines) is 2. The average Bonchev–Trinajstić information content (AvgIpc) is 3.48. The monoisotopic (exact) mass is 377 g/mol. The van der Waals surface area contributed by atoms with Crippen molar-refractivity contribution in [1.29, 1.82) is 0 Å². The summed E-state index contributed by atoms with van der Waals surface area (Å²) in [7, 11) is 0. The van der Waals surface area contributed by atoms with Crippen LogP contribution in [0.15, 0.2) is 54.9 Å². The standard InChI is InChI=1S/C23H27N3O2/c27-14-20-22(19-4-2-1-3-5-19)23(26(20)21(28)12-17-6-7-17)15-25(16-23)13-18-8-10-24-11-9-18/h1-5,8-11,17,20,22,27H,6-7,12-16H2/t20-,22-/m0/s1. The van der Waals surface area contributed by atoms with E-state index in [0.717, 1.165) is 19.6 Å².